The highest BCUT2D eigenvalue weighted by Gasteiger charge is 2.33. The summed E-state index contributed by atoms with van der Waals surface area (Å²) in [6.07, 6.45) is 1.56. The molecule has 0 radical (unpaired) electrons. The van der Waals surface area contributed by atoms with Crippen molar-refractivity contribution in [3.8, 4) is 11.4 Å². The second kappa shape index (κ2) is 6.60. The molecule has 0 amide bonds. The minimum absolute atomic E-state index is 0.0181. The summed E-state index contributed by atoms with van der Waals surface area (Å²) >= 11 is 0. The number of hydrogen-bond acceptors (Lipinski definition) is 6. The van der Waals surface area contributed by atoms with Gasteiger partial charge in [0.1, 0.15) is 5.82 Å². The molecule has 0 aliphatic heterocycles. The predicted molar refractivity (Wildman–Crippen MR) is 78.8 cm³/mol. The second-order valence-electron chi connectivity index (χ2n) is 4.79. The fourth-order valence-electron chi connectivity index (χ4n) is 1.96. The van der Waals surface area contributed by atoms with Gasteiger partial charge in [-0.3, -0.25) is 9.67 Å². The molecular formula is C14H12F3N7. The zero-order chi connectivity index (χ0) is 17.0. The van der Waals surface area contributed by atoms with Gasteiger partial charge in [-0.05, 0) is 12.1 Å². The Balaban J connectivity index is 1.84. The first-order valence-corrected chi connectivity index (χ1v) is 6.97. The molecule has 124 valence electrons. The van der Waals surface area contributed by atoms with Crippen LogP contribution in [0.15, 0.2) is 43.0 Å². The third kappa shape index (κ3) is 3.83. The van der Waals surface area contributed by atoms with Crippen LogP contribution in [0, 0.1) is 0 Å². The quantitative estimate of drug-likeness (QED) is 0.770. The van der Waals surface area contributed by atoms with Gasteiger partial charge in [-0.25, -0.2) is 9.97 Å². The van der Waals surface area contributed by atoms with Gasteiger partial charge in [0, 0.05) is 36.8 Å². The van der Waals surface area contributed by atoms with E-state index in [4.69, 9.17) is 0 Å². The fourth-order valence-corrected chi connectivity index (χ4v) is 1.96. The summed E-state index contributed by atoms with van der Waals surface area (Å²) in [5, 5.41) is 10.3. The van der Waals surface area contributed by atoms with Crippen molar-refractivity contribution in [1.82, 2.24) is 29.9 Å². The minimum Gasteiger partial charge on any atom is -0.368 e. The number of pyridine rings is 1. The van der Waals surface area contributed by atoms with E-state index in [9.17, 15) is 13.2 Å². The summed E-state index contributed by atoms with van der Waals surface area (Å²) in [4.78, 5) is 11.6. The molecule has 0 aliphatic rings. The molecule has 0 fully saturated rings. The summed E-state index contributed by atoms with van der Waals surface area (Å²) in [6, 6.07) is 3.98. The molecule has 0 bridgehead atoms. The Morgan fingerprint density at radius 2 is 1.88 bits per heavy atom. The van der Waals surface area contributed by atoms with Gasteiger partial charge in [0.25, 0.3) is 0 Å². The number of aromatic nitrogens is 6. The Labute approximate surface area is 134 Å². The van der Waals surface area contributed by atoms with E-state index >= 15 is 0 Å². The van der Waals surface area contributed by atoms with Gasteiger partial charge in [-0.1, -0.05) is 5.21 Å². The largest absolute Gasteiger partial charge is 0.433 e. The predicted octanol–water partition coefficient (Wildman–Crippen LogP) is 2.26. The summed E-state index contributed by atoms with van der Waals surface area (Å²) in [7, 11) is 0. The van der Waals surface area contributed by atoms with E-state index in [0.717, 1.165) is 6.07 Å². The monoisotopic (exact) mass is 335 g/mol. The Hall–Kier alpha value is -3.04. The standard InChI is InChI=1S/C14H12F3N7/c15-14(16,17)11-9-12(19-5-7-24-8-6-20-23-24)22-13(21-11)10-1-3-18-4-2-10/h1-4,6,8-9H,5,7H2,(H,19,21,22). The van der Waals surface area contributed by atoms with Crippen LogP contribution in [0.4, 0.5) is 19.0 Å². The van der Waals surface area contributed by atoms with Crippen molar-refractivity contribution in [2.75, 3.05) is 11.9 Å². The Bertz CT molecular complexity index is 788. The van der Waals surface area contributed by atoms with E-state index in [0.29, 0.717) is 18.7 Å². The molecule has 7 nitrogen and oxygen atoms in total. The highest BCUT2D eigenvalue weighted by atomic mass is 19.4. The molecule has 0 spiro atoms. The normalized spacial score (nSPS) is 11.5. The zero-order valence-electron chi connectivity index (χ0n) is 12.3. The van der Waals surface area contributed by atoms with Gasteiger partial charge >= 0.3 is 6.18 Å². The van der Waals surface area contributed by atoms with Crippen molar-refractivity contribution in [3.05, 3.63) is 48.7 Å². The molecule has 3 heterocycles. The average Bonchev–Trinajstić information content (AvgIpc) is 3.08. The lowest BCUT2D eigenvalue weighted by Gasteiger charge is -2.12. The van der Waals surface area contributed by atoms with Crippen LogP contribution in [-0.4, -0.2) is 36.5 Å². The van der Waals surface area contributed by atoms with E-state index in [1.807, 2.05) is 0 Å². The van der Waals surface area contributed by atoms with Gasteiger partial charge in [0.2, 0.25) is 0 Å². The van der Waals surface area contributed by atoms with Crippen molar-refractivity contribution >= 4 is 5.82 Å². The van der Waals surface area contributed by atoms with E-state index in [2.05, 4.69) is 30.6 Å². The van der Waals surface area contributed by atoms with Gasteiger partial charge in [-0.15, -0.1) is 5.10 Å². The van der Waals surface area contributed by atoms with Crippen molar-refractivity contribution in [2.45, 2.75) is 12.7 Å². The zero-order valence-corrected chi connectivity index (χ0v) is 12.3. The highest BCUT2D eigenvalue weighted by molar-refractivity contribution is 5.57. The molecule has 24 heavy (non-hydrogen) atoms. The first-order valence-electron chi connectivity index (χ1n) is 6.97. The number of rotatable bonds is 5. The molecule has 1 N–H and O–H groups in total. The van der Waals surface area contributed by atoms with Crippen LogP contribution in [0.3, 0.4) is 0 Å². The lowest BCUT2D eigenvalue weighted by Crippen LogP contribution is -2.15. The number of alkyl halides is 3. The minimum atomic E-state index is -4.56. The van der Waals surface area contributed by atoms with Crippen LogP contribution < -0.4 is 5.32 Å². The molecule has 0 atom stereocenters. The van der Waals surface area contributed by atoms with Crippen LogP contribution >= 0.6 is 0 Å². The molecule has 3 aromatic heterocycles. The van der Waals surface area contributed by atoms with E-state index in [1.165, 1.54) is 18.6 Å². The van der Waals surface area contributed by atoms with Crippen LogP contribution in [0.25, 0.3) is 11.4 Å². The van der Waals surface area contributed by atoms with Crippen LogP contribution in [0.5, 0.6) is 0 Å². The fraction of sp³-hybridized carbons (Fsp3) is 0.214. The van der Waals surface area contributed by atoms with Crippen LogP contribution in [0.2, 0.25) is 0 Å². The highest BCUT2D eigenvalue weighted by Crippen LogP contribution is 2.30. The maximum Gasteiger partial charge on any atom is 0.433 e. The Morgan fingerprint density at radius 1 is 1.08 bits per heavy atom. The smallest absolute Gasteiger partial charge is 0.368 e. The van der Waals surface area contributed by atoms with Crippen LogP contribution in [-0.2, 0) is 12.7 Å². The molecule has 0 aromatic carbocycles. The molecule has 0 aliphatic carbocycles. The molecule has 10 heteroatoms. The van der Waals surface area contributed by atoms with Crippen molar-refractivity contribution in [1.29, 1.82) is 0 Å². The molecular weight excluding hydrogens is 323 g/mol. The Kier molecular flexibility index (Phi) is 4.36. The third-order valence-corrected chi connectivity index (χ3v) is 3.07. The average molecular weight is 335 g/mol. The van der Waals surface area contributed by atoms with Gasteiger partial charge in [-0.2, -0.15) is 13.2 Å². The van der Waals surface area contributed by atoms with E-state index < -0.39 is 11.9 Å². The van der Waals surface area contributed by atoms with E-state index in [1.54, 1.807) is 23.0 Å². The van der Waals surface area contributed by atoms with E-state index in [-0.39, 0.29) is 11.6 Å². The molecule has 3 rings (SSSR count). The molecule has 0 saturated carbocycles. The topological polar surface area (TPSA) is 81.4 Å². The number of halogens is 3. The number of nitrogens with zero attached hydrogens (tertiary/aromatic N) is 6. The van der Waals surface area contributed by atoms with Crippen molar-refractivity contribution < 1.29 is 13.2 Å². The molecule has 3 aromatic rings. The number of anilines is 1. The summed E-state index contributed by atoms with van der Waals surface area (Å²) in [5.41, 5.74) is -0.553. The molecule has 0 unspecified atom stereocenters. The van der Waals surface area contributed by atoms with Gasteiger partial charge in [0.05, 0.1) is 12.7 Å². The maximum atomic E-state index is 13.1. The van der Waals surface area contributed by atoms with Gasteiger partial charge in [0.15, 0.2) is 11.5 Å². The molecule has 0 saturated heterocycles. The van der Waals surface area contributed by atoms with Crippen LogP contribution in [0.1, 0.15) is 5.69 Å². The first-order chi connectivity index (χ1) is 11.5. The summed E-state index contributed by atoms with van der Waals surface area (Å²) in [6.45, 7) is 0.781. The van der Waals surface area contributed by atoms with Crippen molar-refractivity contribution in [3.63, 3.8) is 0 Å². The lowest BCUT2D eigenvalue weighted by molar-refractivity contribution is -0.141. The van der Waals surface area contributed by atoms with Gasteiger partial charge < -0.3 is 5.32 Å². The summed E-state index contributed by atoms with van der Waals surface area (Å²) < 4.78 is 40.7. The third-order valence-electron chi connectivity index (χ3n) is 3.07. The number of nitrogens with one attached hydrogen (secondary N) is 1. The Morgan fingerprint density at radius 3 is 2.54 bits per heavy atom. The second-order valence-corrected chi connectivity index (χ2v) is 4.79. The van der Waals surface area contributed by atoms with Crippen molar-refractivity contribution in [2.24, 2.45) is 0 Å². The SMILES string of the molecule is FC(F)(F)c1cc(NCCn2ccnn2)nc(-c2ccncc2)n1. The summed E-state index contributed by atoms with van der Waals surface area (Å²) in [5.74, 6) is 0.0692. The first kappa shape index (κ1) is 15.8. The lowest BCUT2D eigenvalue weighted by atomic mass is 10.2. The maximum absolute atomic E-state index is 13.1. The number of hydrogen-bond donors (Lipinski definition) is 1.